The van der Waals surface area contributed by atoms with E-state index in [0.29, 0.717) is 18.2 Å². The molecule has 1 amide bonds. The van der Waals surface area contributed by atoms with Crippen molar-refractivity contribution in [1.82, 2.24) is 4.90 Å². The molecule has 4 heteroatoms. The van der Waals surface area contributed by atoms with Crippen molar-refractivity contribution in [3.8, 4) is 0 Å². The normalized spacial score (nSPS) is 20.4. The molecule has 1 heterocycles. The summed E-state index contributed by atoms with van der Waals surface area (Å²) in [6.45, 7) is 4.75. The van der Waals surface area contributed by atoms with Crippen LogP contribution in [0.5, 0.6) is 0 Å². The number of carbonyl (C=O) groups excluding carboxylic acids is 1. The highest BCUT2D eigenvalue weighted by Crippen LogP contribution is 2.15. The highest BCUT2D eigenvalue weighted by Gasteiger charge is 2.20. The van der Waals surface area contributed by atoms with E-state index in [1.54, 1.807) is 12.1 Å². The van der Waals surface area contributed by atoms with Gasteiger partial charge < -0.3 is 11.1 Å². The number of nitrogen functional groups attached to an aromatic ring is 1. The van der Waals surface area contributed by atoms with Crippen LogP contribution < -0.4 is 11.1 Å². The number of rotatable bonds is 3. The summed E-state index contributed by atoms with van der Waals surface area (Å²) in [5.41, 5.74) is 7.09. The van der Waals surface area contributed by atoms with Gasteiger partial charge in [-0.1, -0.05) is 6.92 Å². The average molecular weight is 233 g/mol. The summed E-state index contributed by atoms with van der Waals surface area (Å²) < 4.78 is 0. The van der Waals surface area contributed by atoms with E-state index in [1.165, 1.54) is 6.42 Å². The Hall–Kier alpha value is -1.55. The first-order chi connectivity index (χ1) is 8.13. The molecule has 92 valence electrons. The van der Waals surface area contributed by atoms with Crippen LogP contribution in [0, 0.1) is 5.92 Å². The number of amides is 1. The number of benzene rings is 1. The van der Waals surface area contributed by atoms with E-state index in [0.717, 1.165) is 18.8 Å². The van der Waals surface area contributed by atoms with Crippen LogP contribution in [0.15, 0.2) is 24.3 Å². The van der Waals surface area contributed by atoms with Crippen molar-refractivity contribution in [2.75, 3.05) is 30.7 Å². The Labute approximate surface area is 102 Å². The van der Waals surface area contributed by atoms with Gasteiger partial charge >= 0.3 is 0 Å². The van der Waals surface area contributed by atoms with Crippen molar-refractivity contribution in [2.45, 2.75) is 13.3 Å². The predicted molar refractivity (Wildman–Crippen MR) is 69.7 cm³/mol. The second kappa shape index (κ2) is 5.19. The van der Waals surface area contributed by atoms with Crippen LogP contribution in [0.1, 0.15) is 13.3 Å². The fourth-order valence-electron chi connectivity index (χ4n) is 2.14. The summed E-state index contributed by atoms with van der Waals surface area (Å²) in [5.74, 6) is 0.753. The van der Waals surface area contributed by atoms with Crippen molar-refractivity contribution in [2.24, 2.45) is 5.92 Å². The number of anilines is 2. The van der Waals surface area contributed by atoms with Gasteiger partial charge in [0.2, 0.25) is 5.91 Å². The van der Waals surface area contributed by atoms with Gasteiger partial charge in [-0.05, 0) is 43.1 Å². The van der Waals surface area contributed by atoms with Gasteiger partial charge in [-0.25, -0.2) is 0 Å². The lowest BCUT2D eigenvalue weighted by Gasteiger charge is -2.14. The SMILES string of the molecule is CC1CCN(CC(=O)Nc2ccc(N)cc2)C1. The van der Waals surface area contributed by atoms with Gasteiger partial charge in [0.1, 0.15) is 0 Å². The monoisotopic (exact) mass is 233 g/mol. The number of nitrogens with zero attached hydrogens (tertiary/aromatic N) is 1. The Morgan fingerprint density at radius 3 is 2.76 bits per heavy atom. The number of carbonyl (C=O) groups is 1. The Morgan fingerprint density at radius 1 is 1.47 bits per heavy atom. The number of hydrogen-bond acceptors (Lipinski definition) is 3. The fourth-order valence-corrected chi connectivity index (χ4v) is 2.14. The maximum absolute atomic E-state index is 11.8. The summed E-state index contributed by atoms with van der Waals surface area (Å²) >= 11 is 0. The fraction of sp³-hybridized carbons (Fsp3) is 0.462. The lowest BCUT2D eigenvalue weighted by Crippen LogP contribution is -2.31. The van der Waals surface area contributed by atoms with Crippen molar-refractivity contribution in [1.29, 1.82) is 0 Å². The van der Waals surface area contributed by atoms with Crippen LogP contribution in [0.4, 0.5) is 11.4 Å². The first-order valence-corrected chi connectivity index (χ1v) is 6.01. The Balaban J connectivity index is 1.83. The van der Waals surface area contributed by atoms with Crippen LogP contribution in [0.3, 0.4) is 0 Å². The molecule has 1 aliphatic rings. The Kier molecular flexibility index (Phi) is 3.64. The van der Waals surface area contributed by atoms with E-state index in [2.05, 4.69) is 17.1 Å². The largest absolute Gasteiger partial charge is 0.399 e. The molecule has 0 radical (unpaired) electrons. The molecule has 0 saturated carbocycles. The van der Waals surface area contributed by atoms with E-state index in [9.17, 15) is 4.79 Å². The Bertz CT molecular complexity index is 388. The first-order valence-electron chi connectivity index (χ1n) is 6.01. The summed E-state index contributed by atoms with van der Waals surface area (Å²) in [6, 6.07) is 7.21. The summed E-state index contributed by atoms with van der Waals surface area (Å²) in [4.78, 5) is 14.0. The highest BCUT2D eigenvalue weighted by atomic mass is 16.2. The number of likely N-dealkylation sites (tertiary alicyclic amines) is 1. The van der Waals surface area contributed by atoms with E-state index in [4.69, 9.17) is 5.73 Å². The van der Waals surface area contributed by atoms with Gasteiger partial charge in [-0.3, -0.25) is 9.69 Å². The molecule has 2 rings (SSSR count). The third kappa shape index (κ3) is 3.46. The van der Waals surface area contributed by atoms with Gasteiger partial charge in [0.15, 0.2) is 0 Å². The molecule has 3 N–H and O–H groups in total. The highest BCUT2D eigenvalue weighted by molar-refractivity contribution is 5.92. The topological polar surface area (TPSA) is 58.4 Å². The third-order valence-electron chi connectivity index (χ3n) is 3.07. The second-order valence-corrected chi connectivity index (χ2v) is 4.80. The molecule has 1 unspecified atom stereocenters. The average Bonchev–Trinajstić information content (AvgIpc) is 2.67. The smallest absolute Gasteiger partial charge is 0.238 e. The Morgan fingerprint density at radius 2 is 2.18 bits per heavy atom. The minimum Gasteiger partial charge on any atom is -0.399 e. The standard InChI is InChI=1S/C13H19N3O/c1-10-6-7-16(8-10)9-13(17)15-12-4-2-11(14)3-5-12/h2-5,10H,6-9,14H2,1H3,(H,15,17). The van der Waals surface area contributed by atoms with Crippen molar-refractivity contribution in [3.05, 3.63) is 24.3 Å². The molecule has 1 atom stereocenters. The maximum atomic E-state index is 11.8. The maximum Gasteiger partial charge on any atom is 0.238 e. The lowest BCUT2D eigenvalue weighted by molar-refractivity contribution is -0.117. The minimum absolute atomic E-state index is 0.0453. The van der Waals surface area contributed by atoms with Crippen LogP contribution in [0.2, 0.25) is 0 Å². The third-order valence-corrected chi connectivity index (χ3v) is 3.07. The number of hydrogen-bond donors (Lipinski definition) is 2. The first kappa shape index (κ1) is 11.9. The van der Waals surface area contributed by atoms with Crippen LogP contribution in [0.25, 0.3) is 0 Å². The lowest BCUT2D eigenvalue weighted by atomic mass is 10.2. The van der Waals surface area contributed by atoms with Gasteiger partial charge in [0, 0.05) is 17.9 Å². The zero-order valence-electron chi connectivity index (χ0n) is 10.1. The predicted octanol–water partition coefficient (Wildman–Crippen LogP) is 1.55. The van der Waals surface area contributed by atoms with E-state index < -0.39 is 0 Å². The molecule has 1 aromatic rings. The molecular weight excluding hydrogens is 214 g/mol. The van der Waals surface area contributed by atoms with Gasteiger partial charge in [-0.15, -0.1) is 0 Å². The second-order valence-electron chi connectivity index (χ2n) is 4.80. The molecule has 1 fully saturated rings. The van der Waals surface area contributed by atoms with Crippen LogP contribution >= 0.6 is 0 Å². The number of nitrogens with two attached hydrogens (primary N) is 1. The van der Waals surface area contributed by atoms with Gasteiger partial charge in [-0.2, -0.15) is 0 Å². The minimum atomic E-state index is 0.0453. The van der Waals surface area contributed by atoms with Crippen LogP contribution in [-0.2, 0) is 4.79 Å². The molecule has 1 saturated heterocycles. The van der Waals surface area contributed by atoms with Gasteiger partial charge in [0.25, 0.3) is 0 Å². The molecule has 17 heavy (non-hydrogen) atoms. The molecule has 0 aromatic heterocycles. The quantitative estimate of drug-likeness (QED) is 0.779. The molecule has 0 aliphatic carbocycles. The van der Waals surface area contributed by atoms with Crippen molar-refractivity contribution in [3.63, 3.8) is 0 Å². The van der Waals surface area contributed by atoms with Crippen LogP contribution in [-0.4, -0.2) is 30.4 Å². The van der Waals surface area contributed by atoms with E-state index in [1.807, 2.05) is 12.1 Å². The summed E-state index contributed by atoms with van der Waals surface area (Å²) in [5, 5.41) is 2.87. The molecule has 1 aliphatic heterocycles. The zero-order valence-corrected chi connectivity index (χ0v) is 10.1. The summed E-state index contributed by atoms with van der Waals surface area (Å²) in [6.07, 6.45) is 1.19. The molecule has 1 aromatic carbocycles. The molecule has 0 bridgehead atoms. The van der Waals surface area contributed by atoms with Gasteiger partial charge in [0.05, 0.1) is 6.54 Å². The summed E-state index contributed by atoms with van der Waals surface area (Å²) in [7, 11) is 0. The molecular formula is C13H19N3O. The van der Waals surface area contributed by atoms with Crippen molar-refractivity contribution < 1.29 is 4.79 Å². The van der Waals surface area contributed by atoms with E-state index in [-0.39, 0.29) is 5.91 Å². The molecule has 0 spiro atoms. The number of nitrogens with one attached hydrogen (secondary N) is 1. The zero-order chi connectivity index (χ0) is 12.3. The van der Waals surface area contributed by atoms with Crippen molar-refractivity contribution >= 4 is 17.3 Å². The van der Waals surface area contributed by atoms with E-state index >= 15 is 0 Å². The molecule has 4 nitrogen and oxygen atoms in total.